The Morgan fingerprint density at radius 1 is 1.40 bits per heavy atom. The van der Waals surface area contributed by atoms with E-state index < -0.39 is 10.0 Å². The molecule has 0 aliphatic heterocycles. The minimum atomic E-state index is -3.65. The van der Waals surface area contributed by atoms with Gasteiger partial charge in [0.2, 0.25) is 10.0 Å². The molecular formula is C10H13NO3S. The third-order valence-corrected chi connectivity index (χ3v) is 3.41. The molecule has 0 unspecified atom stereocenters. The fraction of sp³-hybridized carbons (Fsp3) is 0.400. The first-order valence-corrected chi connectivity index (χ1v) is 6.32. The van der Waals surface area contributed by atoms with Gasteiger partial charge in [0.25, 0.3) is 0 Å². The topological polar surface area (TPSA) is 69.4 Å². The first-order valence-electron chi connectivity index (χ1n) is 4.77. The van der Waals surface area contributed by atoms with Gasteiger partial charge in [-0.2, -0.15) is 0 Å². The summed E-state index contributed by atoms with van der Waals surface area (Å²) >= 11 is 0. The lowest BCUT2D eigenvalue weighted by Gasteiger charge is -2.10. The highest BCUT2D eigenvalue weighted by molar-refractivity contribution is 7.89. The Labute approximate surface area is 89.1 Å². The summed E-state index contributed by atoms with van der Waals surface area (Å²) in [6, 6.07) is 4.90. The van der Waals surface area contributed by atoms with Crippen molar-refractivity contribution < 1.29 is 13.2 Å². The molecule has 0 bridgehead atoms. The van der Waals surface area contributed by atoms with Gasteiger partial charge in [0.1, 0.15) is 5.75 Å². The maximum absolute atomic E-state index is 11.2. The summed E-state index contributed by atoms with van der Waals surface area (Å²) in [5.74, 6) is 0.615. The van der Waals surface area contributed by atoms with Crippen molar-refractivity contribution in [3.63, 3.8) is 0 Å². The van der Waals surface area contributed by atoms with E-state index in [2.05, 4.69) is 0 Å². The largest absolute Gasteiger partial charge is 0.490 e. The zero-order valence-corrected chi connectivity index (χ0v) is 9.25. The first-order chi connectivity index (χ1) is 6.98. The Morgan fingerprint density at radius 2 is 2.07 bits per heavy atom. The predicted molar refractivity (Wildman–Crippen MR) is 56.2 cm³/mol. The summed E-state index contributed by atoms with van der Waals surface area (Å²) in [6.07, 6.45) is 2.33. The summed E-state index contributed by atoms with van der Waals surface area (Å²) in [4.78, 5) is 0.139. The van der Waals surface area contributed by atoms with E-state index in [1.54, 1.807) is 19.1 Å². The Hall–Kier alpha value is -1.07. The number of sulfonamides is 1. The summed E-state index contributed by atoms with van der Waals surface area (Å²) in [7, 11) is -3.65. The lowest BCUT2D eigenvalue weighted by molar-refractivity contribution is 0.300. The number of nitrogens with two attached hydrogens (primary N) is 1. The lowest BCUT2D eigenvalue weighted by Crippen LogP contribution is -2.14. The average molecular weight is 227 g/mol. The molecule has 1 aliphatic rings. The molecular weight excluding hydrogens is 214 g/mol. The van der Waals surface area contributed by atoms with E-state index in [1.165, 1.54) is 6.07 Å². The highest BCUT2D eigenvalue weighted by Gasteiger charge is 2.25. The first kappa shape index (κ1) is 10.4. The van der Waals surface area contributed by atoms with E-state index in [4.69, 9.17) is 9.88 Å². The summed E-state index contributed by atoms with van der Waals surface area (Å²) in [5.41, 5.74) is 0.590. The monoisotopic (exact) mass is 227 g/mol. The second kappa shape index (κ2) is 3.50. The molecule has 0 amide bonds. The van der Waals surface area contributed by atoms with Crippen LogP contribution in [0.1, 0.15) is 18.4 Å². The van der Waals surface area contributed by atoms with E-state index >= 15 is 0 Å². The molecule has 4 nitrogen and oxygen atoms in total. The van der Waals surface area contributed by atoms with Crippen molar-refractivity contribution in [2.75, 3.05) is 0 Å². The minimum absolute atomic E-state index is 0.139. The van der Waals surface area contributed by atoms with Crippen LogP contribution in [-0.4, -0.2) is 14.5 Å². The van der Waals surface area contributed by atoms with Crippen LogP contribution in [0, 0.1) is 6.92 Å². The van der Waals surface area contributed by atoms with Gasteiger partial charge in [0, 0.05) is 5.56 Å². The van der Waals surface area contributed by atoms with Crippen LogP contribution in [0.3, 0.4) is 0 Å². The molecule has 0 atom stereocenters. The van der Waals surface area contributed by atoms with Crippen molar-refractivity contribution in [2.45, 2.75) is 30.8 Å². The van der Waals surface area contributed by atoms with E-state index in [-0.39, 0.29) is 11.0 Å². The van der Waals surface area contributed by atoms with Gasteiger partial charge in [0.05, 0.1) is 11.0 Å². The molecule has 1 aromatic rings. The van der Waals surface area contributed by atoms with Crippen molar-refractivity contribution in [3.8, 4) is 5.75 Å². The van der Waals surface area contributed by atoms with Crippen LogP contribution in [0.2, 0.25) is 0 Å². The van der Waals surface area contributed by atoms with Gasteiger partial charge in [-0.3, -0.25) is 0 Å². The molecule has 1 aromatic carbocycles. The molecule has 1 saturated carbocycles. The van der Waals surface area contributed by atoms with Gasteiger partial charge in [-0.1, -0.05) is 6.07 Å². The molecule has 5 heteroatoms. The standard InChI is InChI=1S/C10H13NO3S/c1-7-9(14-8-5-6-8)3-2-4-10(7)15(11,12)13/h2-4,8H,5-6H2,1H3,(H2,11,12,13). The van der Waals surface area contributed by atoms with Gasteiger partial charge < -0.3 is 4.74 Å². The van der Waals surface area contributed by atoms with Crippen LogP contribution < -0.4 is 9.88 Å². The van der Waals surface area contributed by atoms with Crippen molar-refractivity contribution >= 4 is 10.0 Å². The summed E-state index contributed by atoms with van der Waals surface area (Å²) < 4.78 is 28.0. The lowest BCUT2D eigenvalue weighted by atomic mass is 10.2. The van der Waals surface area contributed by atoms with Crippen molar-refractivity contribution in [1.29, 1.82) is 0 Å². The van der Waals surface area contributed by atoms with Crippen LogP contribution in [-0.2, 0) is 10.0 Å². The molecule has 1 fully saturated rings. The van der Waals surface area contributed by atoms with Crippen LogP contribution in [0.4, 0.5) is 0 Å². The molecule has 2 N–H and O–H groups in total. The highest BCUT2D eigenvalue weighted by Crippen LogP contribution is 2.31. The van der Waals surface area contributed by atoms with E-state index in [9.17, 15) is 8.42 Å². The second-order valence-corrected chi connectivity index (χ2v) is 5.27. The van der Waals surface area contributed by atoms with Gasteiger partial charge >= 0.3 is 0 Å². The number of rotatable bonds is 3. The van der Waals surface area contributed by atoms with Crippen molar-refractivity contribution in [2.24, 2.45) is 5.14 Å². The van der Waals surface area contributed by atoms with Gasteiger partial charge in [-0.05, 0) is 31.9 Å². The molecule has 15 heavy (non-hydrogen) atoms. The Morgan fingerprint density at radius 3 is 2.60 bits per heavy atom. The number of hydrogen-bond donors (Lipinski definition) is 1. The Bertz CT molecular complexity index is 477. The fourth-order valence-corrected chi connectivity index (χ4v) is 2.19. The number of ether oxygens (including phenoxy) is 1. The SMILES string of the molecule is Cc1c(OC2CC2)cccc1S(N)(=O)=O. The molecule has 1 aliphatic carbocycles. The molecule has 0 radical (unpaired) electrons. The predicted octanol–water partition coefficient (Wildman–Crippen LogP) is 1.18. The van der Waals surface area contributed by atoms with Gasteiger partial charge in [-0.25, -0.2) is 13.6 Å². The number of hydrogen-bond acceptors (Lipinski definition) is 3. The third-order valence-electron chi connectivity index (χ3n) is 2.36. The maximum Gasteiger partial charge on any atom is 0.238 e. The molecule has 0 heterocycles. The highest BCUT2D eigenvalue weighted by atomic mass is 32.2. The van der Waals surface area contributed by atoms with Crippen molar-refractivity contribution in [3.05, 3.63) is 23.8 Å². The summed E-state index contributed by atoms with van der Waals surface area (Å²) in [6.45, 7) is 1.71. The zero-order valence-electron chi connectivity index (χ0n) is 8.43. The number of benzene rings is 1. The van der Waals surface area contributed by atoms with Crippen LogP contribution >= 0.6 is 0 Å². The molecule has 0 saturated heterocycles. The molecule has 0 spiro atoms. The summed E-state index contributed by atoms with van der Waals surface area (Å²) in [5, 5.41) is 5.09. The van der Waals surface area contributed by atoms with Crippen LogP contribution in [0.15, 0.2) is 23.1 Å². The normalized spacial score (nSPS) is 16.4. The maximum atomic E-state index is 11.2. The fourth-order valence-electron chi connectivity index (χ4n) is 1.40. The smallest absolute Gasteiger partial charge is 0.238 e. The van der Waals surface area contributed by atoms with Gasteiger partial charge in [-0.15, -0.1) is 0 Å². The average Bonchev–Trinajstić information content (AvgIpc) is 2.90. The molecule has 2 rings (SSSR count). The van der Waals surface area contributed by atoms with Crippen LogP contribution in [0.25, 0.3) is 0 Å². The second-order valence-electron chi connectivity index (χ2n) is 3.74. The molecule has 82 valence electrons. The van der Waals surface area contributed by atoms with E-state index in [1.807, 2.05) is 0 Å². The van der Waals surface area contributed by atoms with E-state index in [0.717, 1.165) is 12.8 Å². The quantitative estimate of drug-likeness (QED) is 0.843. The van der Waals surface area contributed by atoms with Crippen LogP contribution in [0.5, 0.6) is 5.75 Å². The van der Waals surface area contributed by atoms with E-state index in [0.29, 0.717) is 11.3 Å². The Kier molecular flexibility index (Phi) is 2.44. The zero-order chi connectivity index (χ0) is 11.1. The number of primary sulfonamides is 1. The third kappa shape index (κ3) is 2.30. The van der Waals surface area contributed by atoms with Gasteiger partial charge in [0.15, 0.2) is 0 Å². The van der Waals surface area contributed by atoms with Crippen molar-refractivity contribution in [1.82, 2.24) is 0 Å². The minimum Gasteiger partial charge on any atom is -0.490 e. The molecule has 0 aromatic heterocycles. The Balaban J connectivity index is 2.40.